The van der Waals surface area contributed by atoms with Crippen LogP contribution >= 0.6 is 0 Å². The molecule has 26 heavy (non-hydrogen) atoms. The lowest BCUT2D eigenvalue weighted by Gasteiger charge is -2.12. The Labute approximate surface area is 154 Å². The summed E-state index contributed by atoms with van der Waals surface area (Å²) in [7, 11) is 0. The van der Waals surface area contributed by atoms with Crippen LogP contribution in [0.1, 0.15) is 54.2 Å². The third kappa shape index (κ3) is 4.34. The fourth-order valence-corrected chi connectivity index (χ4v) is 3.01. The van der Waals surface area contributed by atoms with E-state index in [1.54, 1.807) is 17.7 Å². The molecule has 0 bridgehead atoms. The zero-order valence-electron chi connectivity index (χ0n) is 15.6. The average Bonchev–Trinajstić information content (AvgIpc) is 3.39. The van der Waals surface area contributed by atoms with Crippen molar-refractivity contribution in [2.75, 3.05) is 6.54 Å². The van der Waals surface area contributed by atoms with Gasteiger partial charge in [-0.3, -0.25) is 9.59 Å². The maximum Gasteiger partial charge on any atom is 0.263 e. The number of rotatable bonds is 7. The molecule has 1 fully saturated rings. The Morgan fingerprint density at radius 1 is 1.31 bits per heavy atom. The molecule has 1 aromatic heterocycles. The van der Waals surface area contributed by atoms with Crippen LogP contribution in [0, 0.1) is 6.92 Å². The van der Waals surface area contributed by atoms with Crippen LogP contribution in [0.15, 0.2) is 41.3 Å². The second kappa shape index (κ2) is 7.77. The zero-order valence-corrected chi connectivity index (χ0v) is 15.6. The summed E-state index contributed by atoms with van der Waals surface area (Å²) in [6.07, 6.45) is 4.63. The standard InChI is InChI=1S/C21H26N2O3/c1-14(2)26-18-6-4-5-16(13-18)9-11-22-20(24)19-15(3)10-12-23(21(19)25)17-7-8-17/h4-6,10,12-14,17H,7-9,11H2,1-3H3,(H,22,24). The summed E-state index contributed by atoms with van der Waals surface area (Å²) >= 11 is 0. The average molecular weight is 354 g/mol. The van der Waals surface area contributed by atoms with Crippen molar-refractivity contribution in [2.24, 2.45) is 0 Å². The number of carbonyl (C=O) groups is 1. The molecular formula is C21H26N2O3. The molecule has 3 rings (SSSR count). The van der Waals surface area contributed by atoms with Gasteiger partial charge in [0.15, 0.2) is 0 Å². The van der Waals surface area contributed by atoms with Crippen LogP contribution < -0.4 is 15.6 Å². The number of carbonyl (C=O) groups excluding carboxylic acids is 1. The molecule has 0 atom stereocenters. The molecular weight excluding hydrogens is 328 g/mol. The second-order valence-corrected chi connectivity index (χ2v) is 7.14. The lowest BCUT2D eigenvalue weighted by atomic mass is 10.1. The van der Waals surface area contributed by atoms with Crippen LogP contribution in [0.3, 0.4) is 0 Å². The van der Waals surface area contributed by atoms with Crippen LogP contribution in [0.25, 0.3) is 0 Å². The van der Waals surface area contributed by atoms with E-state index in [4.69, 9.17) is 4.74 Å². The molecule has 1 aliphatic carbocycles. The van der Waals surface area contributed by atoms with Crippen LogP contribution in [0.4, 0.5) is 0 Å². The van der Waals surface area contributed by atoms with Gasteiger partial charge in [0.2, 0.25) is 0 Å². The fourth-order valence-electron chi connectivity index (χ4n) is 3.01. The third-order valence-electron chi connectivity index (χ3n) is 4.46. The van der Waals surface area contributed by atoms with E-state index in [0.29, 0.717) is 13.0 Å². The predicted octanol–water partition coefficient (Wildman–Crippen LogP) is 3.25. The molecule has 1 heterocycles. The first-order valence-corrected chi connectivity index (χ1v) is 9.21. The number of aromatic nitrogens is 1. The minimum atomic E-state index is -0.294. The van der Waals surface area contributed by atoms with Gasteiger partial charge in [0.1, 0.15) is 11.3 Å². The summed E-state index contributed by atoms with van der Waals surface area (Å²) < 4.78 is 7.38. The number of nitrogens with zero attached hydrogens (tertiary/aromatic N) is 1. The van der Waals surface area contributed by atoms with Gasteiger partial charge in [0, 0.05) is 18.8 Å². The highest BCUT2D eigenvalue weighted by Gasteiger charge is 2.26. The van der Waals surface area contributed by atoms with Gasteiger partial charge in [0.05, 0.1) is 6.10 Å². The van der Waals surface area contributed by atoms with Crippen LogP contribution in [0.5, 0.6) is 5.75 Å². The number of aryl methyl sites for hydroxylation is 1. The van der Waals surface area contributed by atoms with Gasteiger partial charge in [-0.2, -0.15) is 0 Å². The summed E-state index contributed by atoms with van der Waals surface area (Å²) in [5, 5.41) is 2.88. The highest BCUT2D eigenvalue weighted by molar-refractivity contribution is 5.95. The van der Waals surface area contributed by atoms with Crippen molar-refractivity contribution in [3.05, 3.63) is 63.6 Å². The molecule has 1 aliphatic rings. The van der Waals surface area contributed by atoms with Gasteiger partial charge in [-0.15, -0.1) is 0 Å². The molecule has 1 aromatic carbocycles. The third-order valence-corrected chi connectivity index (χ3v) is 4.46. The highest BCUT2D eigenvalue weighted by Crippen LogP contribution is 2.33. The Bertz CT molecular complexity index is 851. The van der Waals surface area contributed by atoms with Crippen molar-refractivity contribution in [1.82, 2.24) is 9.88 Å². The maximum absolute atomic E-state index is 12.6. The van der Waals surface area contributed by atoms with E-state index < -0.39 is 0 Å². The van der Waals surface area contributed by atoms with Gasteiger partial charge in [-0.25, -0.2) is 0 Å². The lowest BCUT2D eigenvalue weighted by molar-refractivity contribution is 0.0951. The minimum absolute atomic E-state index is 0.125. The van der Waals surface area contributed by atoms with Crippen molar-refractivity contribution in [3.8, 4) is 5.75 Å². The number of pyridine rings is 1. The normalized spacial score (nSPS) is 13.7. The minimum Gasteiger partial charge on any atom is -0.491 e. The Balaban J connectivity index is 1.63. The largest absolute Gasteiger partial charge is 0.491 e. The van der Waals surface area contributed by atoms with E-state index in [1.165, 1.54) is 0 Å². The van der Waals surface area contributed by atoms with Crippen molar-refractivity contribution in [2.45, 2.75) is 52.2 Å². The van der Waals surface area contributed by atoms with E-state index in [-0.39, 0.29) is 29.2 Å². The van der Waals surface area contributed by atoms with Crippen molar-refractivity contribution >= 4 is 5.91 Å². The van der Waals surface area contributed by atoms with Crippen molar-refractivity contribution in [1.29, 1.82) is 0 Å². The number of ether oxygens (including phenoxy) is 1. The Morgan fingerprint density at radius 2 is 2.08 bits per heavy atom. The summed E-state index contributed by atoms with van der Waals surface area (Å²) in [6.45, 7) is 6.26. The van der Waals surface area contributed by atoms with E-state index in [1.807, 2.05) is 44.2 Å². The van der Waals surface area contributed by atoms with Gasteiger partial charge in [-0.05, 0) is 69.4 Å². The number of hydrogen-bond donors (Lipinski definition) is 1. The first kappa shape index (κ1) is 18.2. The van der Waals surface area contributed by atoms with E-state index >= 15 is 0 Å². The monoisotopic (exact) mass is 354 g/mol. The topological polar surface area (TPSA) is 60.3 Å². The van der Waals surface area contributed by atoms with Gasteiger partial charge < -0.3 is 14.6 Å². The highest BCUT2D eigenvalue weighted by atomic mass is 16.5. The molecule has 1 amide bonds. The van der Waals surface area contributed by atoms with E-state index in [0.717, 1.165) is 29.7 Å². The van der Waals surface area contributed by atoms with Crippen molar-refractivity contribution in [3.63, 3.8) is 0 Å². The molecule has 5 nitrogen and oxygen atoms in total. The lowest BCUT2D eigenvalue weighted by Crippen LogP contribution is -2.34. The molecule has 138 valence electrons. The summed E-state index contributed by atoms with van der Waals surface area (Å²) in [5.41, 5.74) is 1.88. The Hall–Kier alpha value is -2.56. The van der Waals surface area contributed by atoms with Crippen LogP contribution in [0.2, 0.25) is 0 Å². The molecule has 0 spiro atoms. The van der Waals surface area contributed by atoms with Crippen LogP contribution in [-0.2, 0) is 6.42 Å². The van der Waals surface area contributed by atoms with E-state index in [2.05, 4.69) is 5.32 Å². The molecule has 0 aliphatic heterocycles. The first-order valence-electron chi connectivity index (χ1n) is 9.21. The molecule has 0 saturated heterocycles. The van der Waals surface area contributed by atoms with Crippen LogP contribution in [-0.4, -0.2) is 23.1 Å². The maximum atomic E-state index is 12.6. The molecule has 1 N–H and O–H groups in total. The summed E-state index contributed by atoms with van der Waals surface area (Å²) in [6, 6.07) is 9.98. The molecule has 0 radical (unpaired) electrons. The Morgan fingerprint density at radius 3 is 2.77 bits per heavy atom. The summed E-state index contributed by atoms with van der Waals surface area (Å²) in [4.78, 5) is 25.1. The SMILES string of the molecule is Cc1ccn(C2CC2)c(=O)c1C(=O)NCCc1cccc(OC(C)C)c1. The molecule has 0 unspecified atom stereocenters. The van der Waals surface area contributed by atoms with Gasteiger partial charge in [0.25, 0.3) is 11.5 Å². The number of amides is 1. The second-order valence-electron chi connectivity index (χ2n) is 7.14. The summed E-state index contributed by atoms with van der Waals surface area (Å²) in [5.74, 6) is 0.534. The molecule has 2 aromatic rings. The van der Waals surface area contributed by atoms with Crippen molar-refractivity contribution < 1.29 is 9.53 Å². The zero-order chi connectivity index (χ0) is 18.7. The molecule has 5 heteroatoms. The first-order chi connectivity index (χ1) is 12.5. The Kier molecular flexibility index (Phi) is 5.45. The number of hydrogen-bond acceptors (Lipinski definition) is 3. The van der Waals surface area contributed by atoms with Gasteiger partial charge in [-0.1, -0.05) is 12.1 Å². The number of nitrogens with one attached hydrogen (secondary N) is 1. The predicted molar refractivity (Wildman–Crippen MR) is 102 cm³/mol. The van der Waals surface area contributed by atoms with E-state index in [9.17, 15) is 9.59 Å². The van der Waals surface area contributed by atoms with Gasteiger partial charge >= 0.3 is 0 Å². The smallest absolute Gasteiger partial charge is 0.263 e. The quantitative estimate of drug-likeness (QED) is 0.830. The molecule has 1 saturated carbocycles. The number of benzene rings is 1. The fraction of sp³-hybridized carbons (Fsp3) is 0.429.